The smallest absolute Gasteiger partial charge is 0.188 e. The molecule has 1 heterocycles. The van der Waals surface area contributed by atoms with E-state index in [1.807, 2.05) is 0 Å². The summed E-state index contributed by atoms with van der Waals surface area (Å²) in [6.07, 6.45) is 7.85. The van der Waals surface area contributed by atoms with Crippen LogP contribution < -0.4 is 11.1 Å². The van der Waals surface area contributed by atoms with Gasteiger partial charge in [-0.05, 0) is 20.4 Å². The van der Waals surface area contributed by atoms with Crippen LogP contribution in [-0.4, -0.2) is 68.1 Å². The molecular weight excluding hydrogens is 401 g/mol. The lowest BCUT2D eigenvalue weighted by atomic mass is 10.1. The van der Waals surface area contributed by atoms with Gasteiger partial charge in [-0.2, -0.15) is 0 Å². The summed E-state index contributed by atoms with van der Waals surface area (Å²) in [7, 11) is 2.18. The number of aliphatic imine (C=N–C) groups is 1. The first-order chi connectivity index (χ1) is 10.6. The number of halogens is 1. The summed E-state index contributed by atoms with van der Waals surface area (Å²) in [4.78, 5) is 9.38. The van der Waals surface area contributed by atoms with Gasteiger partial charge in [0, 0.05) is 38.8 Å². The summed E-state index contributed by atoms with van der Waals surface area (Å²) in [5, 5.41) is 3.24. The lowest BCUT2D eigenvalue weighted by Crippen LogP contribution is -2.49. The summed E-state index contributed by atoms with van der Waals surface area (Å²) < 4.78 is 0. The molecule has 138 valence electrons. The van der Waals surface area contributed by atoms with Gasteiger partial charge in [-0.3, -0.25) is 9.89 Å². The topological polar surface area (TPSA) is 56.9 Å². The zero-order valence-corrected chi connectivity index (χ0v) is 17.7. The number of rotatable bonds is 10. The molecule has 0 radical (unpaired) electrons. The normalized spacial score (nSPS) is 18.5. The fourth-order valence-corrected chi connectivity index (χ4v) is 2.79. The minimum absolute atomic E-state index is 0. The molecule has 1 saturated heterocycles. The fourth-order valence-electron chi connectivity index (χ4n) is 2.79. The third-order valence-electron chi connectivity index (χ3n) is 4.52. The van der Waals surface area contributed by atoms with E-state index in [-0.39, 0.29) is 24.0 Å². The van der Waals surface area contributed by atoms with Crippen LogP contribution in [0.25, 0.3) is 0 Å². The molecule has 1 aliphatic rings. The molecule has 1 atom stereocenters. The van der Waals surface area contributed by atoms with E-state index < -0.39 is 0 Å². The first-order valence-electron chi connectivity index (χ1n) is 9.10. The van der Waals surface area contributed by atoms with Crippen LogP contribution in [0.15, 0.2) is 4.99 Å². The highest BCUT2D eigenvalue weighted by molar-refractivity contribution is 14.0. The van der Waals surface area contributed by atoms with Crippen molar-refractivity contribution in [3.63, 3.8) is 0 Å². The number of unbranched alkanes of at least 4 members (excludes halogenated alkanes) is 5. The highest BCUT2D eigenvalue weighted by Crippen LogP contribution is 2.05. The molecule has 1 fully saturated rings. The van der Waals surface area contributed by atoms with E-state index in [1.54, 1.807) is 0 Å². The number of piperazine rings is 1. The molecular formula is C17H38IN5. The van der Waals surface area contributed by atoms with E-state index in [4.69, 9.17) is 5.73 Å². The molecule has 0 aromatic carbocycles. The van der Waals surface area contributed by atoms with E-state index in [2.05, 4.69) is 41.0 Å². The summed E-state index contributed by atoms with van der Waals surface area (Å²) in [5.74, 6) is 0.606. The maximum absolute atomic E-state index is 5.95. The largest absolute Gasteiger partial charge is 0.370 e. The average molecular weight is 439 g/mol. The van der Waals surface area contributed by atoms with Crippen molar-refractivity contribution in [3.05, 3.63) is 0 Å². The Morgan fingerprint density at radius 3 is 2.35 bits per heavy atom. The van der Waals surface area contributed by atoms with Crippen LogP contribution in [0.1, 0.15) is 52.4 Å². The summed E-state index contributed by atoms with van der Waals surface area (Å²) >= 11 is 0. The van der Waals surface area contributed by atoms with E-state index >= 15 is 0 Å². The second-order valence-corrected chi connectivity index (χ2v) is 6.61. The summed E-state index contributed by atoms with van der Waals surface area (Å²) in [6.45, 7) is 10.8. The van der Waals surface area contributed by atoms with Crippen LogP contribution >= 0.6 is 24.0 Å². The lowest BCUT2D eigenvalue weighted by Gasteiger charge is -2.35. The van der Waals surface area contributed by atoms with E-state index in [0.717, 1.165) is 39.3 Å². The zero-order chi connectivity index (χ0) is 16.2. The van der Waals surface area contributed by atoms with Gasteiger partial charge >= 0.3 is 0 Å². The van der Waals surface area contributed by atoms with Crippen LogP contribution in [0.5, 0.6) is 0 Å². The van der Waals surface area contributed by atoms with Gasteiger partial charge < -0.3 is 16.0 Å². The zero-order valence-electron chi connectivity index (χ0n) is 15.4. The van der Waals surface area contributed by atoms with Crippen LogP contribution in [0.3, 0.4) is 0 Å². The number of nitrogens with zero attached hydrogens (tertiary/aromatic N) is 3. The second-order valence-electron chi connectivity index (χ2n) is 6.61. The van der Waals surface area contributed by atoms with Crippen molar-refractivity contribution in [3.8, 4) is 0 Å². The quantitative estimate of drug-likeness (QED) is 0.238. The van der Waals surface area contributed by atoms with Crippen LogP contribution in [0.2, 0.25) is 0 Å². The second kappa shape index (κ2) is 14.3. The fraction of sp³-hybridized carbons (Fsp3) is 0.941. The van der Waals surface area contributed by atoms with Crippen LogP contribution in [0, 0.1) is 0 Å². The van der Waals surface area contributed by atoms with Gasteiger partial charge in [-0.25, -0.2) is 0 Å². The molecule has 0 saturated carbocycles. The highest BCUT2D eigenvalue weighted by Gasteiger charge is 2.18. The minimum atomic E-state index is 0. The Morgan fingerprint density at radius 2 is 1.70 bits per heavy atom. The first kappa shape index (κ1) is 22.9. The Kier molecular flexibility index (Phi) is 14.2. The monoisotopic (exact) mass is 439 g/mol. The maximum Gasteiger partial charge on any atom is 0.188 e. The van der Waals surface area contributed by atoms with Gasteiger partial charge in [0.2, 0.25) is 0 Å². The first-order valence-corrected chi connectivity index (χ1v) is 9.10. The molecule has 0 aromatic rings. The van der Waals surface area contributed by atoms with Crippen molar-refractivity contribution in [2.45, 2.75) is 58.4 Å². The molecule has 0 bridgehead atoms. The minimum Gasteiger partial charge on any atom is -0.370 e. The number of nitrogens with one attached hydrogen (secondary N) is 1. The van der Waals surface area contributed by atoms with Crippen molar-refractivity contribution < 1.29 is 0 Å². The molecule has 0 spiro atoms. The molecule has 3 N–H and O–H groups in total. The van der Waals surface area contributed by atoms with Gasteiger partial charge in [0.05, 0.1) is 6.54 Å². The molecule has 6 heteroatoms. The molecule has 1 rings (SSSR count). The average Bonchev–Trinajstić information content (AvgIpc) is 2.52. The SMILES string of the molecule is CCCCCCCCNC(N)=NCC(C)N1CCN(C)CC1.I. The molecule has 0 aromatic heterocycles. The van der Waals surface area contributed by atoms with Crippen molar-refractivity contribution in [2.75, 3.05) is 46.3 Å². The lowest BCUT2D eigenvalue weighted by molar-refractivity contribution is 0.122. The Morgan fingerprint density at radius 1 is 1.09 bits per heavy atom. The van der Waals surface area contributed by atoms with Crippen LogP contribution in [0.4, 0.5) is 0 Å². The van der Waals surface area contributed by atoms with Gasteiger partial charge in [0.25, 0.3) is 0 Å². The number of hydrogen-bond acceptors (Lipinski definition) is 3. The third kappa shape index (κ3) is 11.2. The predicted octanol–water partition coefficient (Wildman–Crippen LogP) is 2.51. The number of nitrogens with two attached hydrogens (primary N) is 1. The summed E-state index contributed by atoms with van der Waals surface area (Å²) in [6, 6.07) is 0.475. The Labute approximate surface area is 160 Å². The van der Waals surface area contributed by atoms with Crippen molar-refractivity contribution in [2.24, 2.45) is 10.7 Å². The molecule has 1 aliphatic heterocycles. The van der Waals surface area contributed by atoms with E-state index in [1.165, 1.54) is 38.5 Å². The van der Waals surface area contributed by atoms with E-state index in [9.17, 15) is 0 Å². The number of hydrogen-bond donors (Lipinski definition) is 2. The van der Waals surface area contributed by atoms with Gasteiger partial charge in [0.15, 0.2) is 5.96 Å². The van der Waals surface area contributed by atoms with Gasteiger partial charge in [-0.1, -0.05) is 39.0 Å². The Bertz CT molecular complexity index is 303. The molecule has 0 aliphatic carbocycles. The van der Waals surface area contributed by atoms with Gasteiger partial charge in [0.1, 0.15) is 0 Å². The Hall–Kier alpha value is -0.0800. The predicted molar refractivity (Wildman–Crippen MR) is 112 cm³/mol. The molecule has 1 unspecified atom stereocenters. The highest BCUT2D eigenvalue weighted by atomic mass is 127. The Balaban J connectivity index is 0.00000484. The molecule has 0 amide bonds. The summed E-state index contributed by atoms with van der Waals surface area (Å²) in [5.41, 5.74) is 5.95. The molecule has 5 nitrogen and oxygen atoms in total. The van der Waals surface area contributed by atoms with Gasteiger partial charge in [-0.15, -0.1) is 24.0 Å². The van der Waals surface area contributed by atoms with Crippen molar-refractivity contribution in [1.82, 2.24) is 15.1 Å². The van der Waals surface area contributed by atoms with Crippen molar-refractivity contribution in [1.29, 1.82) is 0 Å². The van der Waals surface area contributed by atoms with E-state index in [0.29, 0.717) is 12.0 Å². The third-order valence-corrected chi connectivity index (χ3v) is 4.52. The molecule has 23 heavy (non-hydrogen) atoms. The maximum atomic E-state index is 5.95. The van der Waals surface area contributed by atoms with Crippen LogP contribution in [-0.2, 0) is 0 Å². The number of guanidine groups is 1. The van der Waals surface area contributed by atoms with Crippen molar-refractivity contribution >= 4 is 29.9 Å². The number of likely N-dealkylation sites (N-methyl/N-ethyl adjacent to an activating group) is 1. The standard InChI is InChI=1S/C17H37N5.HI/c1-4-5-6-7-8-9-10-19-17(18)20-15-16(2)22-13-11-21(3)12-14-22;/h16H,4-15H2,1-3H3,(H3,18,19,20);1H.